The Balaban J connectivity index is 1.63. The molecule has 0 saturated carbocycles. The highest BCUT2D eigenvalue weighted by atomic mass is 16.5. The number of likely N-dealkylation sites (N-methyl/N-ethyl adjacent to an activating group) is 1. The number of piperidine rings is 1. The Morgan fingerprint density at radius 2 is 2.10 bits per heavy atom. The van der Waals surface area contributed by atoms with Crippen LogP contribution in [0.5, 0.6) is 0 Å². The number of carbonyl (C=O) groups is 2. The number of carbonyl (C=O) groups excluding carboxylic acids is 2. The molecule has 2 aliphatic rings. The Morgan fingerprint density at radius 3 is 2.67 bits per heavy atom. The highest BCUT2D eigenvalue weighted by molar-refractivity contribution is 5.92. The van der Waals surface area contributed by atoms with Gasteiger partial charge in [-0.2, -0.15) is 0 Å². The van der Waals surface area contributed by atoms with E-state index in [9.17, 15) is 9.59 Å². The van der Waals surface area contributed by atoms with Crippen molar-refractivity contribution >= 4 is 11.8 Å². The second-order valence-electron chi connectivity index (χ2n) is 5.84. The van der Waals surface area contributed by atoms with Gasteiger partial charge in [-0.1, -0.05) is 5.16 Å². The molecule has 0 radical (unpaired) electrons. The van der Waals surface area contributed by atoms with Crippen molar-refractivity contribution in [3.63, 3.8) is 0 Å². The first-order valence-electron chi connectivity index (χ1n) is 7.10. The number of rotatable bonds is 1. The Labute approximate surface area is 122 Å². The first kappa shape index (κ1) is 14.1. The van der Waals surface area contributed by atoms with Crippen LogP contribution >= 0.6 is 0 Å². The first-order chi connectivity index (χ1) is 9.99. The lowest BCUT2D eigenvalue weighted by atomic mass is 9.89. The highest BCUT2D eigenvalue weighted by Gasteiger charge is 2.42. The Morgan fingerprint density at radius 1 is 1.38 bits per heavy atom. The van der Waals surface area contributed by atoms with Crippen LogP contribution in [0.25, 0.3) is 0 Å². The summed E-state index contributed by atoms with van der Waals surface area (Å²) in [7, 11) is 1.79. The van der Waals surface area contributed by atoms with Crippen molar-refractivity contribution in [3.8, 4) is 0 Å². The van der Waals surface area contributed by atoms with Gasteiger partial charge in [-0.3, -0.25) is 9.59 Å². The summed E-state index contributed by atoms with van der Waals surface area (Å²) < 4.78 is 10.7. The summed E-state index contributed by atoms with van der Waals surface area (Å²) in [4.78, 5) is 27.3. The molecular weight excluding hydrogens is 274 g/mol. The molecule has 1 aromatic rings. The molecule has 3 rings (SSSR count). The maximum Gasteiger partial charge on any atom is 0.276 e. The normalized spacial score (nSPS) is 21.9. The topological polar surface area (TPSA) is 75.9 Å². The lowest BCUT2D eigenvalue weighted by Gasteiger charge is -2.46. The van der Waals surface area contributed by atoms with Crippen molar-refractivity contribution in [1.82, 2.24) is 15.0 Å². The zero-order valence-electron chi connectivity index (χ0n) is 12.3. The number of amides is 2. The number of aromatic nitrogens is 1. The summed E-state index contributed by atoms with van der Waals surface area (Å²) in [5, 5.41) is 3.77. The van der Waals surface area contributed by atoms with Crippen molar-refractivity contribution in [2.75, 3.05) is 33.3 Å². The maximum absolute atomic E-state index is 12.3. The number of nitrogens with zero attached hydrogens (tertiary/aromatic N) is 3. The monoisotopic (exact) mass is 293 g/mol. The molecule has 0 bridgehead atoms. The highest BCUT2D eigenvalue weighted by Crippen LogP contribution is 2.30. The summed E-state index contributed by atoms with van der Waals surface area (Å²) in [6.07, 6.45) is 1.46. The van der Waals surface area contributed by atoms with E-state index >= 15 is 0 Å². The molecular formula is C14H19N3O4. The molecule has 7 heteroatoms. The lowest BCUT2D eigenvalue weighted by molar-refractivity contribution is -0.167. The number of hydrogen-bond acceptors (Lipinski definition) is 5. The molecule has 7 nitrogen and oxygen atoms in total. The van der Waals surface area contributed by atoms with Gasteiger partial charge in [0.15, 0.2) is 5.69 Å². The number of ether oxygens (including phenoxy) is 1. The van der Waals surface area contributed by atoms with Gasteiger partial charge >= 0.3 is 0 Å². The Kier molecular flexibility index (Phi) is 3.44. The molecule has 21 heavy (non-hydrogen) atoms. The molecule has 2 aliphatic heterocycles. The first-order valence-corrected chi connectivity index (χ1v) is 7.10. The number of likely N-dealkylation sites (tertiary alicyclic amines) is 1. The van der Waals surface area contributed by atoms with E-state index in [1.807, 2.05) is 0 Å². The van der Waals surface area contributed by atoms with E-state index in [0.717, 1.165) is 12.8 Å². The van der Waals surface area contributed by atoms with E-state index < -0.39 is 0 Å². The molecule has 1 aromatic heterocycles. The van der Waals surface area contributed by atoms with Crippen LogP contribution in [-0.2, 0) is 9.53 Å². The molecule has 0 aromatic carbocycles. The Hall–Kier alpha value is -1.89. The predicted molar refractivity (Wildman–Crippen MR) is 72.7 cm³/mol. The molecule has 0 N–H and O–H groups in total. The van der Waals surface area contributed by atoms with Crippen LogP contribution in [0.3, 0.4) is 0 Å². The van der Waals surface area contributed by atoms with Gasteiger partial charge in [-0.05, 0) is 19.8 Å². The van der Waals surface area contributed by atoms with E-state index in [1.165, 1.54) is 0 Å². The van der Waals surface area contributed by atoms with Crippen LogP contribution in [0.1, 0.15) is 29.1 Å². The van der Waals surface area contributed by atoms with Gasteiger partial charge in [-0.15, -0.1) is 0 Å². The van der Waals surface area contributed by atoms with Gasteiger partial charge in [0.05, 0.1) is 5.60 Å². The van der Waals surface area contributed by atoms with Crippen molar-refractivity contribution in [2.45, 2.75) is 25.4 Å². The fourth-order valence-electron chi connectivity index (χ4n) is 2.94. The van der Waals surface area contributed by atoms with Gasteiger partial charge in [0.25, 0.3) is 5.91 Å². The number of hydrogen-bond donors (Lipinski definition) is 0. The van der Waals surface area contributed by atoms with Crippen molar-refractivity contribution in [1.29, 1.82) is 0 Å². The average Bonchev–Trinajstić information content (AvgIpc) is 2.90. The Bertz CT molecular complexity index is 560. The predicted octanol–water partition coefficient (Wildman–Crippen LogP) is 0.446. The van der Waals surface area contributed by atoms with Crippen LogP contribution < -0.4 is 0 Å². The van der Waals surface area contributed by atoms with Crippen LogP contribution in [0.15, 0.2) is 10.6 Å². The number of morpholine rings is 1. The second kappa shape index (κ2) is 5.14. The lowest BCUT2D eigenvalue weighted by Crippen LogP contribution is -2.58. The molecule has 2 fully saturated rings. The minimum absolute atomic E-state index is 0.0113. The average molecular weight is 293 g/mol. The van der Waals surface area contributed by atoms with Gasteiger partial charge in [-0.25, -0.2) is 0 Å². The smallest absolute Gasteiger partial charge is 0.276 e. The van der Waals surface area contributed by atoms with E-state index in [4.69, 9.17) is 9.26 Å². The largest absolute Gasteiger partial charge is 0.363 e. The van der Waals surface area contributed by atoms with E-state index in [-0.39, 0.29) is 24.0 Å². The molecule has 114 valence electrons. The van der Waals surface area contributed by atoms with Crippen LogP contribution in [0.4, 0.5) is 0 Å². The van der Waals surface area contributed by atoms with E-state index in [0.29, 0.717) is 31.1 Å². The van der Waals surface area contributed by atoms with E-state index in [2.05, 4.69) is 5.16 Å². The van der Waals surface area contributed by atoms with Gasteiger partial charge in [0.2, 0.25) is 5.91 Å². The molecule has 0 aliphatic carbocycles. The molecule has 1 spiro atoms. The van der Waals surface area contributed by atoms with Crippen LogP contribution in [0.2, 0.25) is 0 Å². The molecule has 2 saturated heterocycles. The zero-order chi connectivity index (χ0) is 15.0. The van der Waals surface area contributed by atoms with Crippen molar-refractivity contribution in [3.05, 3.63) is 17.5 Å². The summed E-state index contributed by atoms with van der Waals surface area (Å²) >= 11 is 0. The summed E-state index contributed by atoms with van der Waals surface area (Å²) in [5.74, 6) is 0.529. The summed E-state index contributed by atoms with van der Waals surface area (Å²) in [6, 6.07) is 1.65. The SMILES string of the molecule is Cc1cc(C(=O)N2CCC3(CC2)CN(C)C(=O)CO3)no1. The molecule has 3 heterocycles. The standard InChI is InChI=1S/C14H19N3O4/c1-10-7-11(15-21-10)13(19)17-5-3-14(4-6-17)9-16(2)12(18)8-20-14/h7H,3-6,8-9H2,1-2H3. The van der Waals surface area contributed by atoms with Crippen LogP contribution in [0, 0.1) is 6.92 Å². The fourth-order valence-corrected chi connectivity index (χ4v) is 2.94. The summed E-state index contributed by atoms with van der Waals surface area (Å²) in [6.45, 7) is 3.70. The molecule has 2 amide bonds. The van der Waals surface area contributed by atoms with Crippen molar-refractivity contribution < 1.29 is 18.8 Å². The zero-order valence-corrected chi connectivity index (χ0v) is 12.3. The third-order valence-electron chi connectivity index (χ3n) is 4.26. The second-order valence-corrected chi connectivity index (χ2v) is 5.84. The minimum atomic E-state index is -0.306. The minimum Gasteiger partial charge on any atom is -0.363 e. The quantitative estimate of drug-likeness (QED) is 0.751. The van der Waals surface area contributed by atoms with E-state index in [1.54, 1.807) is 29.8 Å². The van der Waals surface area contributed by atoms with Crippen molar-refractivity contribution in [2.24, 2.45) is 0 Å². The van der Waals surface area contributed by atoms with Gasteiger partial charge in [0, 0.05) is 32.7 Å². The summed E-state index contributed by atoms with van der Waals surface area (Å²) in [5.41, 5.74) is 0.0411. The fraction of sp³-hybridized carbons (Fsp3) is 0.643. The third kappa shape index (κ3) is 2.65. The van der Waals surface area contributed by atoms with Crippen LogP contribution in [-0.4, -0.2) is 65.7 Å². The maximum atomic E-state index is 12.3. The van der Waals surface area contributed by atoms with Gasteiger partial charge < -0.3 is 19.1 Å². The molecule has 0 atom stereocenters. The molecule has 0 unspecified atom stereocenters. The van der Waals surface area contributed by atoms with Gasteiger partial charge in [0.1, 0.15) is 12.4 Å². The third-order valence-corrected chi connectivity index (χ3v) is 4.26. The number of aryl methyl sites for hydroxylation is 1.